The van der Waals surface area contributed by atoms with Crippen LogP contribution in [-0.2, 0) is 11.0 Å². The summed E-state index contributed by atoms with van der Waals surface area (Å²) >= 11 is 0. The van der Waals surface area contributed by atoms with Crippen molar-refractivity contribution in [1.82, 2.24) is 15.6 Å². The van der Waals surface area contributed by atoms with Crippen LogP contribution in [0.4, 0.5) is 19.0 Å². The van der Waals surface area contributed by atoms with Crippen LogP contribution in [0.3, 0.4) is 0 Å². The molecule has 22 heavy (non-hydrogen) atoms. The number of nitrogens with zero attached hydrogens (tertiary/aromatic N) is 1. The van der Waals surface area contributed by atoms with Crippen molar-refractivity contribution in [3.05, 3.63) is 23.9 Å². The standard InChI is InChI=1S/C14H19F3N4O/c15-14(16,17)11-2-3-12(21-9-11)19-5-1-6-20-13(22)10-4-7-18-8-10/h2-3,9-10,18H,1,4-8H2,(H,19,21)(H,20,22). The van der Waals surface area contributed by atoms with Gasteiger partial charge in [-0.15, -0.1) is 0 Å². The van der Waals surface area contributed by atoms with Crippen LogP contribution in [-0.4, -0.2) is 37.1 Å². The lowest BCUT2D eigenvalue weighted by Gasteiger charge is -2.11. The van der Waals surface area contributed by atoms with Crippen molar-refractivity contribution in [3.8, 4) is 0 Å². The Labute approximate surface area is 126 Å². The Hall–Kier alpha value is -1.83. The number of nitrogens with one attached hydrogen (secondary N) is 3. The third-order valence-electron chi connectivity index (χ3n) is 3.48. The van der Waals surface area contributed by atoms with Gasteiger partial charge < -0.3 is 16.0 Å². The van der Waals surface area contributed by atoms with Gasteiger partial charge in [-0.3, -0.25) is 4.79 Å². The summed E-state index contributed by atoms with van der Waals surface area (Å²) in [5.74, 6) is 0.488. The second kappa shape index (κ2) is 7.44. The Morgan fingerprint density at radius 2 is 2.18 bits per heavy atom. The first kappa shape index (κ1) is 16.5. The third kappa shape index (κ3) is 4.87. The summed E-state index contributed by atoms with van der Waals surface area (Å²) in [6.45, 7) is 2.66. The van der Waals surface area contributed by atoms with Crippen molar-refractivity contribution >= 4 is 11.7 Å². The highest BCUT2D eigenvalue weighted by molar-refractivity contribution is 5.79. The molecule has 1 saturated heterocycles. The van der Waals surface area contributed by atoms with Crippen molar-refractivity contribution in [1.29, 1.82) is 0 Å². The summed E-state index contributed by atoms with van der Waals surface area (Å²) in [5, 5.41) is 8.91. The molecule has 122 valence electrons. The molecule has 1 amide bonds. The summed E-state index contributed by atoms with van der Waals surface area (Å²) < 4.78 is 37.1. The number of amides is 1. The van der Waals surface area contributed by atoms with E-state index in [-0.39, 0.29) is 11.8 Å². The molecule has 1 atom stereocenters. The second-order valence-corrected chi connectivity index (χ2v) is 5.19. The van der Waals surface area contributed by atoms with E-state index in [1.54, 1.807) is 0 Å². The lowest BCUT2D eigenvalue weighted by atomic mass is 10.1. The number of rotatable bonds is 6. The molecule has 8 heteroatoms. The maximum absolute atomic E-state index is 12.4. The van der Waals surface area contributed by atoms with Gasteiger partial charge in [-0.25, -0.2) is 4.98 Å². The summed E-state index contributed by atoms with van der Waals surface area (Å²) in [5.41, 5.74) is -0.768. The third-order valence-corrected chi connectivity index (χ3v) is 3.48. The fourth-order valence-electron chi connectivity index (χ4n) is 2.21. The van der Waals surface area contributed by atoms with E-state index in [1.165, 1.54) is 6.07 Å². The number of anilines is 1. The van der Waals surface area contributed by atoms with Crippen LogP contribution < -0.4 is 16.0 Å². The topological polar surface area (TPSA) is 66.0 Å². The molecule has 0 radical (unpaired) electrons. The first-order chi connectivity index (χ1) is 10.5. The zero-order valence-electron chi connectivity index (χ0n) is 12.0. The van der Waals surface area contributed by atoms with Crippen molar-refractivity contribution in [3.63, 3.8) is 0 Å². The van der Waals surface area contributed by atoms with Crippen LogP contribution >= 0.6 is 0 Å². The zero-order valence-corrected chi connectivity index (χ0v) is 12.0. The molecule has 1 aromatic heterocycles. The molecule has 0 bridgehead atoms. The summed E-state index contributed by atoms with van der Waals surface area (Å²) in [4.78, 5) is 15.4. The van der Waals surface area contributed by atoms with E-state index < -0.39 is 11.7 Å². The van der Waals surface area contributed by atoms with E-state index in [0.29, 0.717) is 25.3 Å². The van der Waals surface area contributed by atoms with Crippen LogP contribution in [0.5, 0.6) is 0 Å². The van der Waals surface area contributed by atoms with Gasteiger partial charge in [0.05, 0.1) is 11.5 Å². The monoisotopic (exact) mass is 316 g/mol. The van der Waals surface area contributed by atoms with E-state index in [1.807, 2.05) is 0 Å². The van der Waals surface area contributed by atoms with Gasteiger partial charge in [-0.2, -0.15) is 13.2 Å². The molecular formula is C14H19F3N4O. The molecular weight excluding hydrogens is 297 g/mol. The summed E-state index contributed by atoms with van der Waals surface area (Å²) in [6, 6.07) is 2.29. The molecule has 0 spiro atoms. The molecule has 0 aliphatic carbocycles. The summed E-state index contributed by atoms with van der Waals surface area (Å²) in [6.07, 6.45) is -2.03. The molecule has 1 aliphatic rings. The highest BCUT2D eigenvalue weighted by Gasteiger charge is 2.30. The van der Waals surface area contributed by atoms with Gasteiger partial charge in [0.25, 0.3) is 0 Å². The Balaban J connectivity index is 1.63. The average molecular weight is 316 g/mol. The van der Waals surface area contributed by atoms with Gasteiger partial charge in [0, 0.05) is 25.8 Å². The van der Waals surface area contributed by atoms with Gasteiger partial charge in [-0.1, -0.05) is 0 Å². The van der Waals surface area contributed by atoms with Gasteiger partial charge in [0.15, 0.2) is 0 Å². The maximum Gasteiger partial charge on any atom is 0.417 e. The molecule has 1 aliphatic heterocycles. The van der Waals surface area contributed by atoms with Gasteiger partial charge in [0.2, 0.25) is 5.91 Å². The van der Waals surface area contributed by atoms with Crippen LogP contribution in [0.1, 0.15) is 18.4 Å². The minimum absolute atomic E-state index is 0.0459. The Morgan fingerprint density at radius 3 is 2.77 bits per heavy atom. The van der Waals surface area contributed by atoms with Gasteiger partial charge in [-0.05, 0) is 31.5 Å². The van der Waals surface area contributed by atoms with Gasteiger partial charge in [0.1, 0.15) is 5.82 Å². The molecule has 1 unspecified atom stereocenters. The predicted octanol–water partition coefficient (Wildman–Crippen LogP) is 1.63. The molecule has 2 rings (SSSR count). The zero-order chi connectivity index (χ0) is 16.0. The number of carbonyl (C=O) groups excluding carboxylic acids is 1. The lowest BCUT2D eigenvalue weighted by molar-refractivity contribution is -0.137. The van der Waals surface area contributed by atoms with Crippen LogP contribution in [0.2, 0.25) is 0 Å². The number of alkyl halides is 3. The lowest BCUT2D eigenvalue weighted by Crippen LogP contribution is -2.33. The highest BCUT2D eigenvalue weighted by atomic mass is 19.4. The van der Waals surface area contributed by atoms with E-state index in [4.69, 9.17) is 0 Å². The quantitative estimate of drug-likeness (QED) is 0.698. The molecule has 5 nitrogen and oxygen atoms in total. The number of hydrogen-bond acceptors (Lipinski definition) is 4. The van der Waals surface area contributed by atoms with E-state index in [2.05, 4.69) is 20.9 Å². The number of aromatic nitrogens is 1. The van der Waals surface area contributed by atoms with Crippen LogP contribution in [0, 0.1) is 5.92 Å². The average Bonchev–Trinajstić information content (AvgIpc) is 3.00. The van der Waals surface area contributed by atoms with E-state index >= 15 is 0 Å². The SMILES string of the molecule is O=C(NCCCNc1ccc(C(F)(F)F)cn1)C1CCNC1. The molecule has 2 heterocycles. The van der Waals surface area contributed by atoms with Crippen molar-refractivity contribution in [2.45, 2.75) is 19.0 Å². The fourth-order valence-corrected chi connectivity index (χ4v) is 2.21. The molecule has 0 aromatic carbocycles. The van der Waals surface area contributed by atoms with Crippen molar-refractivity contribution in [2.24, 2.45) is 5.92 Å². The first-order valence-electron chi connectivity index (χ1n) is 7.22. The van der Waals surface area contributed by atoms with Crippen LogP contribution in [0.15, 0.2) is 18.3 Å². The second-order valence-electron chi connectivity index (χ2n) is 5.19. The Morgan fingerprint density at radius 1 is 1.36 bits per heavy atom. The molecule has 1 aromatic rings. The largest absolute Gasteiger partial charge is 0.417 e. The minimum atomic E-state index is -4.37. The maximum atomic E-state index is 12.4. The minimum Gasteiger partial charge on any atom is -0.370 e. The number of halogens is 3. The normalized spacial score (nSPS) is 18.2. The number of carbonyl (C=O) groups is 1. The van der Waals surface area contributed by atoms with Crippen LogP contribution in [0.25, 0.3) is 0 Å². The fraction of sp³-hybridized carbons (Fsp3) is 0.571. The smallest absolute Gasteiger partial charge is 0.370 e. The first-order valence-corrected chi connectivity index (χ1v) is 7.22. The van der Waals surface area contributed by atoms with Crippen molar-refractivity contribution in [2.75, 3.05) is 31.5 Å². The number of pyridine rings is 1. The van der Waals surface area contributed by atoms with E-state index in [0.717, 1.165) is 31.8 Å². The Kier molecular flexibility index (Phi) is 5.59. The number of hydrogen-bond donors (Lipinski definition) is 3. The Bertz CT molecular complexity index is 484. The molecule has 1 fully saturated rings. The van der Waals surface area contributed by atoms with Gasteiger partial charge >= 0.3 is 6.18 Å². The molecule has 3 N–H and O–H groups in total. The predicted molar refractivity (Wildman–Crippen MR) is 76.3 cm³/mol. The van der Waals surface area contributed by atoms with E-state index in [9.17, 15) is 18.0 Å². The summed E-state index contributed by atoms with van der Waals surface area (Å²) in [7, 11) is 0. The molecule has 0 saturated carbocycles. The highest BCUT2D eigenvalue weighted by Crippen LogP contribution is 2.28. The van der Waals surface area contributed by atoms with Crippen molar-refractivity contribution < 1.29 is 18.0 Å².